The van der Waals surface area contributed by atoms with Crippen LogP contribution in [0.25, 0.3) is 0 Å². The van der Waals surface area contributed by atoms with Crippen molar-refractivity contribution in [3.63, 3.8) is 0 Å². The molecule has 21 heavy (non-hydrogen) atoms. The predicted octanol–water partition coefficient (Wildman–Crippen LogP) is 4.69. The van der Waals surface area contributed by atoms with Gasteiger partial charge in [-0.15, -0.1) is 0 Å². The van der Waals surface area contributed by atoms with Crippen LogP contribution < -0.4 is 0 Å². The first-order valence-corrected chi connectivity index (χ1v) is 7.35. The summed E-state index contributed by atoms with van der Waals surface area (Å²) in [6.07, 6.45) is 0. The Balaban J connectivity index is 2.38. The topological polar surface area (TPSA) is 20.3 Å². The lowest BCUT2D eigenvalue weighted by Gasteiger charge is -2.40. The number of hydrogen-bond donors (Lipinski definition) is 0. The smallest absolute Gasteiger partial charge is 0.254 e. The molecule has 2 rings (SSSR count). The molecule has 0 saturated heterocycles. The Hall–Kier alpha value is -2.09. The van der Waals surface area contributed by atoms with E-state index in [2.05, 4.69) is 39.8 Å². The molecule has 110 valence electrons. The second-order valence-electron chi connectivity index (χ2n) is 6.30. The molecule has 0 heterocycles. The van der Waals surface area contributed by atoms with Gasteiger partial charge in [0.1, 0.15) is 0 Å². The van der Waals surface area contributed by atoms with Gasteiger partial charge in [0, 0.05) is 11.1 Å². The zero-order valence-electron chi connectivity index (χ0n) is 13.2. The lowest BCUT2D eigenvalue weighted by atomic mass is 9.97. The van der Waals surface area contributed by atoms with Gasteiger partial charge in [-0.2, -0.15) is 0 Å². The molecule has 0 bridgehead atoms. The highest BCUT2D eigenvalue weighted by atomic mass is 16.2. The van der Waals surface area contributed by atoms with Crippen LogP contribution in [0, 0.1) is 0 Å². The molecule has 1 amide bonds. The summed E-state index contributed by atoms with van der Waals surface area (Å²) in [5, 5.41) is 0. The molecular formula is C19H23NO. The first-order chi connectivity index (χ1) is 9.91. The Bertz CT molecular complexity index is 584. The van der Waals surface area contributed by atoms with Crippen LogP contribution in [0.4, 0.5) is 0 Å². The van der Waals surface area contributed by atoms with Crippen molar-refractivity contribution >= 4 is 5.91 Å². The van der Waals surface area contributed by atoms with Crippen molar-refractivity contribution in [1.29, 1.82) is 0 Å². The average Bonchev–Trinajstić information content (AvgIpc) is 2.47. The molecule has 0 saturated carbocycles. The van der Waals surface area contributed by atoms with E-state index in [4.69, 9.17) is 0 Å². The van der Waals surface area contributed by atoms with Gasteiger partial charge in [-0.05, 0) is 45.4 Å². The second kappa shape index (κ2) is 6.13. The third-order valence-corrected chi connectivity index (χ3v) is 3.63. The minimum absolute atomic E-state index is 0.0268. The molecule has 2 heteroatoms. The highest BCUT2D eigenvalue weighted by molar-refractivity contribution is 5.94. The molecule has 2 nitrogen and oxygen atoms in total. The summed E-state index contributed by atoms with van der Waals surface area (Å²) < 4.78 is 0. The van der Waals surface area contributed by atoms with Crippen LogP contribution in [-0.2, 0) is 0 Å². The Kier molecular flexibility index (Phi) is 4.46. The highest BCUT2D eigenvalue weighted by Crippen LogP contribution is 2.29. The summed E-state index contributed by atoms with van der Waals surface area (Å²) in [6, 6.07) is 19.7. The van der Waals surface area contributed by atoms with Crippen LogP contribution in [0.2, 0.25) is 0 Å². The van der Waals surface area contributed by atoms with Gasteiger partial charge in [0.2, 0.25) is 0 Å². The average molecular weight is 281 g/mol. The predicted molar refractivity (Wildman–Crippen MR) is 87.2 cm³/mol. The minimum atomic E-state index is -0.248. The number of rotatable bonds is 3. The number of amides is 1. The monoisotopic (exact) mass is 281 g/mol. The molecule has 0 fully saturated rings. The molecule has 1 unspecified atom stereocenters. The lowest BCUT2D eigenvalue weighted by molar-refractivity contribution is 0.0461. The summed E-state index contributed by atoms with van der Waals surface area (Å²) in [4.78, 5) is 14.9. The van der Waals surface area contributed by atoms with Gasteiger partial charge in [0.15, 0.2) is 0 Å². The quantitative estimate of drug-likeness (QED) is 0.799. The van der Waals surface area contributed by atoms with E-state index < -0.39 is 0 Å². The molecule has 0 aliphatic carbocycles. The Morgan fingerprint density at radius 1 is 0.905 bits per heavy atom. The summed E-state index contributed by atoms with van der Waals surface area (Å²) in [7, 11) is 0. The zero-order chi connectivity index (χ0) is 15.5. The van der Waals surface area contributed by atoms with Crippen molar-refractivity contribution in [2.45, 2.75) is 39.3 Å². The van der Waals surface area contributed by atoms with Crippen LogP contribution in [0.3, 0.4) is 0 Å². The number of benzene rings is 2. The van der Waals surface area contributed by atoms with E-state index in [1.54, 1.807) is 0 Å². The maximum Gasteiger partial charge on any atom is 0.254 e. The van der Waals surface area contributed by atoms with Crippen molar-refractivity contribution in [3.8, 4) is 0 Å². The first-order valence-electron chi connectivity index (χ1n) is 7.35. The van der Waals surface area contributed by atoms with Crippen LogP contribution in [0.15, 0.2) is 60.7 Å². The van der Waals surface area contributed by atoms with Crippen molar-refractivity contribution in [3.05, 3.63) is 71.8 Å². The summed E-state index contributed by atoms with van der Waals surface area (Å²) >= 11 is 0. The van der Waals surface area contributed by atoms with E-state index in [1.807, 2.05) is 53.4 Å². The molecular weight excluding hydrogens is 258 g/mol. The van der Waals surface area contributed by atoms with E-state index in [0.29, 0.717) is 0 Å². The molecule has 2 aromatic carbocycles. The van der Waals surface area contributed by atoms with E-state index >= 15 is 0 Å². The maximum absolute atomic E-state index is 12.9. The highest BCUT2D eigenvalue weighted by Gasteiger charge is 2.32. The Morgan fingerprint density at radius 3 is 1.86 bits per heavy atom. The molecule has 0 N–H and O–H groups in total. The van der Waals surface area contributed by atoms with Gasteiger partial charge in [0.05, 0.1) is 6.04 Å². The van der Waals surface area contributed by atoms with Gasteiger partial charge in [-0.25, -0.2) is 0 Å². The Morgan fingerprint density at radius 2 is 1.38 bits per heavy atom. The maximum atomic E-state index is 12.9. The number of hydrogen-bond acceptors (Lipinski definition) is 1. The third kappa shape index (κ3) is 3.52. The van der Waals surface area contributed by atoms with Gasteiger partial charge in [0.25, 0.3) is 5.91 Å². The standard InChI is InChI=1S/C19H23NO/c1-15(16-11-7-5-8-12-16)20(19(2,3)4)18(21)17-13-9-6-10-14-17/h5-15H,1-4H3. The number of nitrogens with zero attached hydrogens (tertiary/aromatic N) is 1. The van der Waals surface area contributed by atoms with Crippen LogP contribution in [0.1, 0.15) is 49.7 Å². The van der Waals surface area contributed by atoms with E-state index in [9.17, 15) is 4.79 Å². The minimum Gasteiger partial charge on any atom is -0.327 e. The number of carbonyl (C=O) groups excluding carboxylic acids is 1. The fourth-order valence-corrected chi connectivity index (χ4v) is 2.66. The van der Waals surface area contributed by atoms with Crippen LogP contribution >= 0.6 is 0 Å². The SMILES string of the molecule is CC(c1ccccc1)N(C(=O)c1ccccc1)C(C)(C)C. The molecule has 0 aliphatic heterocycles. The van der Waals surface area contributed by atoms with E-state index in [1.165, 1.54) is 0 Å². The van der Waals surface area contributed by atoms with Crippen molar-refractivity contribution in [2.75, 3.05) is 0 Å². The fourth-order valence-electron chi connectivity index (χ4n) is 2.66. The first kappa shape index (κ1) is 15.3. The summed E-state index contributed by atoms with van der Waals surface area (Å²) in [6.45, 7) is 8.31. The Labute approximate surface area is 127 Å². The van der Waals surface area contributed by atoms with Gasteiger partial charge < -0.3 is 4.90 Å². The van der Waals surface area contributed by atoms with Gasteiger partial charge in [-0.1, -0.05) is 48.5 Å². The fraction of sp³-hybridized carbons (Fsp3) is 0.316. The third-order valence-electron chi connectivity index (χ3n) is 3.63. The molecule has 1 atom stereocenters. The molecule has 2 aromatic rings. The second-order valence-corrected chi connectivity index (χ2v) is 6.30. The lowest BCUT2D eigenvalue weighted by Crippen LogP contribution is -2.47. The zero-order valence-corrected chi connectivity index (χ0v) is 13.2. The van der Waals surface area contributed by atoms with Crippen LogP contribution in [-0.4, -0.2) is 16.3 Å². The van der Waals surface area contributed by atoms with E-state index in [-0.39, 0.29) is 17.5 Å². The van der Waals surface area contributed by atoms with Crippen molar-refractivity contribution in [1.82, 2.24) is 4.90 Å². The molecule has 0 aromatic heterocycles. The largest absolute Gasteiger partial charge is 0.327 e. The van der Waals surface area contributed by atoms with Crippen molar-refractivity contribution < 1.29 is 4.79 Å². The van der Waals surface area contributed by atoms with Crippen molar-refractivity contribution in [2.24, 2.45) is 0 Å². The summed E-state index contributed by atoms with van der Waals surface area (Å²) in [5.74, 6) is 0.0689. The molecule has 0 radical (unpaired) electrons. The van der Waals surface area contributed by atoms with Gasteiger partial charge >= 0.3 is 0 Å². The number of carbonyl (C=O) groups is 1. The van der Waals surface area contributed by atoms with Crippen LogP contribution in [0.5, 0.6) is 0 Å². The molecule has 0 spiro atoms. The normalized spacial score (nSPS) is 12.8. The van der Waals surface area contributed by atoms with Gasteiger partial charge in [-0.3, -0.25) is 4.79 Å². The van der Waals surface area contributed by atoms with E-state index in [0.717, 1.165) is 11.1 Å². The molecule has 0 aliphatic rings. The summed E-state index contributed by atoms with van der Waals surface area (Å²) in [5.41, 5.74) is 1.63.